The Labute approximate surface area is 242 Å². The van der Waals surface area contributed by atoms with Crippen LogP contribution in [0.25, 0.3) is 17.1 Å². The molecule has 10 nitrogen and oxygen atoms in total. The summed E-state index contributed by atoms with van der Waals surface area (Å²) < 4.78 is 25.1. The van der Waals surface area contributed by atoms with Crippen LogP contribution in [0.1, 0.15) is 39.9 Å². The minimum atomic E-state index is -0.884. The van der Waals surface area contributed by atoms with Crippen LogP contribution in [0.2, 0.25) is 0 Å². The van der Waals surface area contributed by atoms with Gasteiger partial charge in [-0.2, -0.15) is 0 Å². The zero-order valence-electron chi connectivity index (χ0n) is 23.1. The number of carbonyl (C=O) groups excluding carboxylic acids is 1. The van der Waals surface area contributed by atoms with E-state index in [4.69, 9.17) is 23.7 Å². The average Bonchev–Trinajstić information content (AvgIpc) is 3.63. The molecule has 0 spiro atoms. The van der Waals surface area contributed by atoms with E-state index in [-0.39, 0.29) is 25.5 Å². The molecule has 10 heteroatoms. The predicted octanol–water partition coefficient (Wildman–Crippen LogP) is 5.70. The summed E-state index contributed by atoms with van der Waals surface area (Å²) in [6.45, 7) is 2.30. The molecule has 5 aromatic rings. The standard InChI is InChI=1S/C32H29N3O7/c1-3-27-26(33-31(42-27)23-12-9-21(10-13-23)16-30(37)38)20-40-28-14-11-22(15-29(28)39-2)19-41-32-24(18-36)17-35(34-32)25-7-5-4-6-8-25/h4-15,17-18H,3,16,19-20H2,1-2H3,(H,37,38). The van der Waals surface area contributed by atoms with Gasteiger partial charge in [0.2, 0.25) is 11.8 Å². The van der Waals surface area contributed by atoms with Crippen molar-refractivity contribution in [3.05, 3.63) is 107 Å². The maximum Gasteiger partial charge on any atom is 0.307 e. The molecular formula is C32H29N3O7. The lowest BCUT2D eigenvalue weighted by molar-refractivity contribution is -0.136. The molecule has 5 rings (SSSR count). The van der Waals surface area contributed by atoms with Gasteiger partial charge < -0.3 is 23.7 Å². The van der Waals surface area contributed by atoms with Gasteiger partial charge in [0.25, 0.3) is 0 Å². The second-order valence-electron chi connectivity index (χ2n) is 9.36. The zero-order valence-corrected chi connectivity index (χ0v) is 23.1. The third-order valence-corrected chi connectivity index (χ3v) is 6.48. The number of carboxylic acid groups (broad SMARTS) is 1. The van der Waals surface area contributed by atoms with Gasteiger partial charge in [0.05, 0.1) is 24.8 Å². The Morgan fingerprint density at radius 1 is 0.976 bits per heavy atom. The third-order valence-electron chi connectivity index (χ3n) is 6.48. The number of aliphatic carboxylic acids is 1. The number of carbonyl (C=O) groups is 2. The average molecular weight is 568 g/mol. The van der Waals surface area contributed by atoms with Gasteiger partial charge in [-0.15, -0.1) is 5.10 Å². The fraction of sp³-hybridized carbons (Fsp3) is 0.188. The number of oxazole rings is 1. The van der Waals surface area contributed by atoms with Crippen LogP contribution < -0.4 is 14.2 Å². The maximum atomic E-state index is 11.6. The van der Waals surface area contributed by atoms with E-state index in [1.807, 2.05) is 43.3 Å². The first-order chi connectivity index (χ1) is 20.5. The van der Waals surface area contributed by atoms with Crippen molar-refractivity contribution in [2.45, 2.75) is 33.0 Å². The third kappa shape index (κ3) is 6.49. The van der Waals surface area contributed by atoms with Crippen molar-refractivity contribution in [1.82, 2.24) is 14.8 Å². The Kier molecular flexibility index (Phi) is 8.62. The molecule has 3 aromatic carbocycles. The summed E-state index contributed by atoms with van der Waals surface area (Å²) in [5.41, 5.74) is 4.07. The second kappa shape index (κ2) is 12.9. The fourth-order valence-electron chi connectivity index (χ4n) is 4.33. The summed E-state index contributed by atoms with van der Waals surface area (Å²) in [7, 11) is 1.55. The number of hydrogen-bond donors (Lipinski definition) is 1. The molecule has 2 aromatic heterocycles. The molecule has 214 valence electrons. The number of carboxylic acids is 1. The first-order valence-electron chi connectivity index (χ1n) is 13.3. The normalized spacial score (nSPS) is 10.8. The minimum Gasteiger partial charge on any atom is -0.493 e. The monoisotopic (exact) mass is 567 g/mol. The highest BCUT2D eigenvalue weighted by Crippen LogP contribution is 2.31. The van der Waals surface area contributed by atoms with Gasteiger partial charge in [-0.05, 0) is 47.5 Å². The van der Waals surface area contributed by atoms with Gasteiger partial charge in [0.15, 0.2) is 17.8 Å². The van der Waals surface area contributed by atoms with Crippen LogP contribution in [0.3, 0.4) is 0 Å². The Morgan fingerprint density at radius 3 is 2.43 bits per heavy atom. The summed E-state index contributed by atoms with van der Waals surface area (Å²) in [6.07, 6.45) is 2.92. The van der Waals surface area contributed by atoms with Crippen LogP contribution in [-0.2, 0) is 30.8 Å². The molecule has 0 amide bonds. The van der Waals surface area contributed by atoms with E-state index in [0.717, 1.165) is 16.8 Å². The van der Waals surface area contributed by atoms with Crippen LogP contribution >= 0.6 is 0 Å². The summed E-state index contributed by atoms with van der Waals surface area (Å²) >= 11 is 0. The van der Waals surface area contributed by atoms with E-state index in [0.29, 0.717) is 52.7 Å². The number of aryl methyl sites for hydroxylation is 1. The number of benzene rings is 3. The van der Waals surface area contributed by atoms with Crippen molar-refractivity contribution in [3.8, 4) is 34.5 Å². The molecule has 0 bridgehead atoms. The van der Waals surface area contributed by atoms with E-state index < -0.39 is 5.97 Å². The van der Waals surface area contributed by atoms with E-state index in [1.54, 1.807) is 54.4 Å². The van der Waals surface area contributed by atoms with E-state index in [1.165, 1.54) is 0 Å². The van der Waals surface area contributed by atoms with Crippen LogP contribution in [0.5, 0.6) is 17.4 Å². The number of rotatable bonds is 13. The number of methoxy groups -OCH3 is 1. The smallest absolute Gasteiger partial charge is 0.307 e. The highest BCUT2D eigenvalue weighted by Gasteiger charge is 2.17. The fourth-order valence-corrected chi connectivity index (χ4v) is 4.33. The second-order valence-corrected chi connectivity index (χ2v) is 9.36. The van der Waals surface area contributed by atoms with Crippen molar-refractivity contribution >= 4 is 12.3 Å². The quantitative estimate of drug-likeness (QED) is 0.178. The van der Waals surface area contributed by atoms with Gasteiger partial charge in [0.1, 0.15) is 24.7 Å². The van der Waals surface area contributed by atoms with Crippen molar-refractivity contribution in [3.63, 3.8) is 0 Å². The summed E-state index contributed by atoms with van der Waals surface area (Å²) in [5.74, 6) is 1.52. The highest BCUT2D eigenvalue weighted by atomic mass is 16.5. The molecule has 0 unspecified atom stereocenters. The van der Waals surface area contributed by atoms with Gasteiger partial charge in [-0.3, -0.25) is 9.59 Å². The topological polar surface area (TPSA) is 126 Å². The van der Waals surface area contributed by atoms with E-state index in [9.17, 15) is 9.59 Å². The van der Waals surface area contributed by atoms with E-state index in [2.05, 4.69) is 10.1 Å². The molecule has 0 saturated carbocycles. The van der Waals surface area contributed by atoms with Crippen molar-refractivity contribution < 1.29 is 33.3 Å². The number of hydrogen-bond acceptors (Lipinski definition) is 8. The molecule has 0 saturated heterocycles. The Balaban J connectivity index is 1.25. The Hall–Kier alpha value is -5.38. The van der Waals surface area contributed by atoms with Crippen molar-refractivity contribution in [2.75, 3.05) is 7.11 Å². The minimum absolute atomic E-state index is 0.0453. The lowest BCUT2D eigenvalue weighted by Crippen LogP contribution is -2.03. The number of ether oxygens (including phenoxy) is 3. The predicted molar refractivity (Wildman–Crippen MR) is 153 cm³/mol. The van der Waals surface area contributed by atoms with Crippen LogP contribution in [0, 0.1) is 0 Å². The van der Waals surface area contributed by atoms with Crippen molar-refractivity contribution in [2.24, 2.45) is 0 Å². The number of aldehydes is 1. The largest absolute Gasteiger partial charge is 0.493 e. The Morgan fingerprint density at radius 2 is 1.74 bits per heavy atom. The first-order valence-corrected chi connectivity index (χ1v) is 13.3. The molecule has 42 heavy (non-hydrogen) atoms. The number of aromatic nitrogens is 3. The molecular weight excluding hydrogens is 538 g/mol. The molecule has 2 heterocycles. The van der Waals surface area contributed by atoms with Crippen LogP contribution in [0.4, 0.5) is 0 Å². The van der Waals surface area contributed by atoms with Gasteiger partial charge >= 0.3 is 5.97 Å². The van der Waals surface area contributed by atoms with Gasteiger partial charge in [0, 0.05) is 18.2 Å². The molecule has 0 fully saturated rings. The summed E-state index contributed by atoms with van der Waals surface area (Å²) in [4.78, 5) is 27.2. The first kappa shape index (κ1) is 28.2. The summed E-state index contributed by atoms with van der Waals surface area (Å²) in [5, 5.41) is 13.4. The number of para-hydroxylation sites is 1. The SMILES string of the molecule is CCc1oc(-c2ccc(CC(=O)O)cc2)nc1COc1ccc(COc2nn(-c3ccccc3)cc2C=O)cc1OC. The molecule has 0 aliphatic heterocycles. The lowest BCUT2D eigenvalue weighted by Gasteiger charge is -2.12. The lowest BCUT2D eigenvalue weighted by atomic mass is 10.1. The molecule has 1 N–H and O–H groups in total. The molecule has 0 aliphatic rings. The maximum absolute atomic E-state index is 11.6. The van der Waals surface area contributed by atoms with Crippen LogP contribution in [-0.4, -0.2) is 39.2 Å². The molecule has 0 atom stereocenters. The van der Waals surface area contributed by atoms with Crippen molar-refractivity contribution in [1.29, 1.82) is 0 Å². The number of nitrogens with zero attached hydrogens (tertiary/aromatic N) is 3. The van der Waals surface area contributed by atoms with E-state index >= 15 is 0 Å². The summed E-state index contributed by atoms with van der Waals surface area (Å²) in [6, 6.07) is 22.0. The zero-order chi connectivity index (χ0) is 29.5. The molecule has 0 aliphatic carbocycles. The van der Waals surface area contributed by atoms with Gasteiger partial charge in [-0.25, -0.2) is 9.67 Å². The van der Waals surface area contributed by atoms with Crippen LogP contribution in [0.15, 0.2) is 83.4 Å². The Bertz CT molecular complexity index is 1670. The molecule has 0 radical (unpaired) electrons. The highest BCUT2D eigenvalue weighted by molar-refractivity contribution is 5.78. The van der Waals surface area contributed by atoms with Gasteiger partial charge in [-0.1, -0.05) is 43.3 Å².